The lowest BCUT2D eigenvalue weighted by atomic mass is 10.3. The predicted molar refractivity (Wildman–Crippen MR) is 85.0 cm³/mol. The summed E-state index contributed by atoms with van der Waals surface area (Å²) in [5.74, 6) is 1.81. The van der Waals surface area contributed by atoms with Gasteiger partial charge in [-0.3, -0.25) is 4.98 Å². The van der Waals surface area contributed by atoms with E-state index in [1.807, 2.05) is 35.8 Å². The second kappa shape index (κ2) is 5.50. The van der Waals surface area contributed by atoms with Gasteiger partial charge in [-0.05, 0) is 24.3 Å². The van der Waals surface area contributed by atoms with Crippen molar-refractivity contribution in [3.8, 4) is 23.0 Å². The van der Waals surface area contributed by atoms with Crippen molar-refractivity contribution in [3.63, 3.8) is 0 Å². The molecular formula is C16H10N4OS. The molecule has 1 aromatic carbocycles. The van der Waals surface area contributed by atoms with Crippen LogP contribution in [0.5, 0.6) is 11.6 Å². The van der Waals surface area contributed by atoms with Crippen molar-refractivity contribution in [2.45, 2.75) is 0 Å². The molecule has 0 saturated carbocycles. The normalized spacial score (nSPS) is 10.7. The Kier molecular flexibility index (Phi) is 3.21. The topological polar surface area (TPSA) is 60.8 Å². The predicted octanol–water partition coefficient (Wildman–Crippen LogP) is 3.94. The van der Waals surface area contributed by atoms with Crippen LogP contribution in [0.3, 0.4) is 0 Å². The van der Waals surface area contributed by atoms with Crippen molar-refractivity contribution in [1.82, 2.24) is 19.9 Å². The first kappa shape index (κ1) is 12.8. The first-order valence-corrected chi connectivity index (χ1v) is 7.51. The highest BCUT2D eigenvalue weighted by atomic mass is 32.1. The van der Waals surface area contributed by atoms with E-state index in [1.165, 1.54) is 0 Å². The Labute approximate surface area is 130 Å². The highest BCUT2D eigenvalue weighted by molar-refractivity contribution is 7.16. The number of thiazole rings is 1. The van der Waals surface area contributed by atoms with Gasteiger partial charge in [-0.15, -0.1) is 11.3 Å². The number of ether oxygens (including phenoxy) is 1. The summed E-state index contributed by atoms with van der Waals surface area (Å²) in [4.78, 5) is 17.0. The van der Waals surface area contributed by atoms with Crippen molar-refractivity contribution < 1.29 is 4.74 Å². The Morgan fingerprint density at radius 2 is 2.00 bits per heavy atom. The van der Waals surface area contributed by atoms with E-state index in [1.54, 1.807) is 36.0 Å². The summed E-state index contributed by atoms with van der Waals surface area (Å²) in [6, 6.07) is 11.3. The van der Waals surface area contributed by atoms with Gasteiger partial charge in [0.2, 0.25) is 5.88 Å². The third-order valence-electron chi connectivity index (χ3n) is 3.07. The molecule has 4 rings (SSSR count). The van der Waals surface area contributed by atoms with Gasteiger partial charge in [0, 0.05) is 36.3 Å². The maximum absolute atomic E-state index is 5.83. The number of fused-ring (bicyclic) bond motifs is 1. The molecule has 5 nitrogen and oxygen atoms in total. The van der Waals surface area contributed by atoms with Crippen LogP contribution in [0.25, 0.3) is 21.6 Å². The van der Waals surface area contributed by atoms with Crippen LogP contribution in [0.2, 0.25) is 0 Å². The summed E-state index contributed by atoms with van der Waals surface area (Å²) in [6.07, 6.45) is 5.12. The van der Waals surface area contributed by atoms with E-state index in [0.717, 1.165) is 21.5 Å². The average molecular weight is 306 g/mol. The Bertz CT molecular complexity index is 924. The Balaban J connectivity index is 1.65. The van der Waals surface area contributed by atoms with Gasteiger partial charge in [-0.25, -0.2) is 9.97 Å². The van der Waals surface area contributed by atoms with Gasteiger partial charge in [0.1, 0.15) is 5.75 Å². The Morgan fingerprint density at radius 1 is 1.00 bits per heavy atom. The van der Waals surface area contributed by atoms with Crippen LogP contribution >= 0.6 is 11.3 Å². The summed E-state index contributed by atoms with van der Waals surface area (Å²) in [5, 5.41) is 0. The SMILES string of the molecule is c1cncc(-c2nccc(Oc3ccc4ncsc4c3)n2)c1. The summed E-state index contributed by atoms with van der Waals surface area (Å²) < 4.78 is 6.91. The first-order valence-electron chi connectivity index (χ1n) is 6.63. The van der Waals surface area contributed by atoms with Crippen LogP contribution in [-0.2, 0) is 0 Å². The van der Waals surface area contributed by atoms with Crippen LogP contribution in [0.15, 0.2) is 60.5 Å². The average Bonchev–Trinajstić information content (AvgIpc) is 3.04. The smallest absolute Gasteiger partial charge is 0.222 e. The fourth-order valence-electron chi connectivity index (χ4n) is 2.05. The van der Waals surface area contributed by atoms with Crippen LogP contribution in [-0.4, -0.2) is 19.9 Å². The largest absolute Gasteiger partial charge is 0.439 e. The number of hydrogen-bond donors (Lipinski definition) is 0. The lowest BCUT2D eigenvalue weighted by Crippen LogP contribution is -1.93. The van der Waals surface area contributed by atoms with Crippen LogP contribution in [0, 0.1) is 0 Å². The second-order valence-electron chi connectivity index (χ2n) is 4.54. The first-order chi connectivity index (χ1) is 10.9. The number of nitrogens with zero attached hydrogens (tertiary/aromatic N) is 4. The maximum Gasteiger partial charge on any atom is 0.222 e. The molecule has 0 bridgehead atoms. The van der Waals surface area contributed by atoms with Gasteiger partial charge < -0.3 is 4.74 Å². The maximum atomic E-state index is 5.83. The fourth-order valence-corrected chi connectivity index (χ4v) is 2.76. The number of pyridine rings is 1. The molecule has 0 spiro atoms. The van der Waals surface area contributed by atoms with Crippen molar-refractivity contribution in [1.29, 1.82) is 0 Å². The third kappa shape index (κ3) is 2.51. The molecule has 3 heterocycles. The zero-order valence-corrected chi connectivity index (χ0v) is 12.2. The van der Waals surface area contributed by atoms with Gasteiger partial charge >= 0.3 is 0 Å². The number of aromatic nitrogens is 4. The van der Waals surface area contributed by atoms with Gasteiger partial charge in [0.25, 0.3) is 0 Å². The zero-order valence-electron chi connectivity index (χ0n) is 11.4. The minimum Gasteiger partial charge on any atom is -0.439 e. The molecule has 4 aromatic rings. The molecule has 0 N–H and O–H groups in total. The molecule has 106 valence electrons. The Hall–Kier alpha value is -2.86. The molecular weight excluding hydrogens is 296 g/mol. The van der Waals surface area contributed by atoms with E-state index in [9.17, 15) is 0 Å². The van der Waals surface area contributed by atoms with Crippen molar-refractivity contribution in [2.24, 2.45) is 0 Å². The quantitative estimate of drug-likeness (QED) is 0.573. The van der Waals surface area contributed by atoms with E-state index in [4.69, 9.17) is 4.74 Å². The van der Waals surface area contributed by atoms with Crippen LogP contribution in [0.1, 0.15) is 0 Å². The van der Waals surface area contributed by atoms with Crippen LogP contribution < -0.4 is 4.74 Å². The number of benzene rings is 1. The van der Waals surface area contributed by atoms with Crippen LogP contribution in [0.4, 0.5) is 0 Å². The Morgan fingerprint density at radius 3 is 2.91 bits per heavy atom. The van der Waals surface area contributed by atoms with Gasteiger partial charge in [-0.1, -0.05) is 0 Å². The molecule has 0 amide bonds. The van der Waals surface area contributed by atoms with Crippen molar-refractivity contribution in [2.75, 3.05) is 0 Å². The molecule has 0 saturated heterocycles. The monoisotopic (exact) mass is 306 g/mol. The molecule has 3 aromatic heterocycles. The fraction of sp³-hybridized carbons (Fsp3) is 0. The van der Waals surface area contributed by atoms with Crippen molar-refractivity contribution in [3.05, 3.63) is 60.5 Å². The van der Waals surface area contributed by atoms with E-state index < -0.39 is 0 Å². The summed E-state index contributed by atoms with van der Waals surface area (Å²) in [5.41, 5.74) is 3.64. The number of hydrogen-bond acceptors (Lipinski definition) is 6. The highest BCUT2D eigenvalue weighted by Crippen LogP contribution is 2.27. The van der Waals surface area contributed by atoms with E-state index in [0.29, 0.717) is 11.7 Å². The molecule has 0 aliphatic heterocycles. The summed E-state index contributed by atoms with van der Waals surface area (Å²) >= 11 is 1.58. The summed E-state index contributed by atoms with van der Waals surface area (Å²) in [6.45, 7) is 0. The van der Waals surface area contributed by atoms with E-state index in [2.05, 4.69) is 19.9 Å². The molecule has 0 atom stereocenters. The molecule has 0 fully saturated rings. The molecule has 0 radical (unpaired) electrons. The second-order valence-corrected chi connectivity index (χ2v) is 5.43. The highest BCUT2D eigenvalue weighted by Gasteiger charge is 2.05. The van der Waals surface area contributed by atoms with E-state index in [-0.39, 0.29) is 0 Å². The summed E-state index contributed by atoms with van der Waals surface area (Å²) in [7, 11) is 0. The lowest BCUT2D eigenvalue weighted by Gasteiger charge is -2.06. The molecule has 0 aliphatic rings. The van der Waals surface area contributed by atoms with Gasteiger partial charge in [-0.2, -0.15) is 4.98 Å². The van der Waals surface area contributed by atoms with Gasteiger partial charge in [0.05, 0.1) is 15.7 Å². The van der Waals surface area contributed by atoms with Crippen molar-refractivity contribution >= 4 is 21.6 Å². The minimum absolute atomic E-state index is 0.498. The lowest BCUT2D eigenvalue weighted by molar-refractivity contribution is 0.463. The molecule has 0 unspecified atom stereocenters. The molecule has 22 heavy (non-hydrogen) atoms. The zero-order chi connectivity index (χ0) is 14.8. The number of rotatable bonds is 3. The standard InChI is InChI=1S/C16H10N4OS/c1-2-11(9-17-6-1)16-18-7-5-15(20-16)21-12-3-4-13-14(8-12)22-10-19-13/h1-10H. The molecule has 6 heteroatoms. The molecule has 0 aliphatic carbocycles. The van der Waals surface area contributed by atoms with E-state index >= 15 is 0 Å². The third-order valence-corrected chi connectivity index (χ3v) is 3.87. The minimum atomic E-state index is 0.498. The van der Waals surface area contributed by atoms with Gasteiger partial charge in [0.15, 0.2) is 5.82 Å².